The first kappa shape index (κ1) is 13.9. The van der Waals surface area contributed by atoms with E-state index in [9.17, 15) is 0 Å². The average molecular weight is 287 g/mol. The van der Waals surface area contributed by atoms with Crippen molar-refractivity contribution in [3.8, 4) is 17.1 Å². The van der Waals surface area contributed by atoms with Crippen LogP contribution < -0.4 is 10.5 Å². The van der Waals surface area contributed by atoms with Gasteiger partial charge in [-0.1, -0.05) is 19.4 Å². The molecule has 1 aliphatic carbocycles. The first-order valence-electron chi connectivity index (χ1n) is 7.38. The fourth-order valence-corrected chi connectivity index (χ4v) is 2.96. The molecule has 2 N–H and O–H groups in total. The Morgan fingerprint density at radius 1 is 1.38 bits per heavy atom. The fourth-order valence-electron chi connectivity index (χ4n) is 2.96. The zero-order chi connectivity index (χ0) is 14.9. The Morgan fingerprint density at radius 2 is 2.19 bits per heavy atom. The number of nitrogens with zero attached hydrogens (tertiary/aromatic N) is 4. The van der Waals surface area contributed by atoms with Gasteiger partial charge in [0.15, 0.2) is 5.82 Å². The summed E-state index contributed by atoms with van der Waals surface area (Å²) in [5.41, 5.74) is 7.88. The average Bonchev–Trinajstić information content (AvgIpc) is 3.08. The first-order chi connectivity index (χ1) is 10.2. The van der Waals surface area contributed by atoms with Crippen LogP contribution in [0.5, 0.6) is 5.75 Å². The van der Waals surface area contributed by atoms with Gasteiger partial charge in [-0.15, -0.1) is 5.10 Å². The van der Waals surface area contributed by atoms with Crippen molar-refractivity contribution in [1.82, 2.24) is 20.2 Å². The van der Waals surface area contributed by atoms with E-state index in [2.05, 4.69) is 22.4 Å². The summed E-state index contributed by atoms with van der Waals surface area (Å²) in [7, 11) is 1.63. The lowest BCUT2D eigenvalue weighted by Crippen LogP contribution is -2.14. The Bertz CT molecular complexity index is 633. The summed E-state index contributed by atoms with van der Waals surface area (Å²) in [4.78, 5) is 0. The summed E-state index contributed by atoms with van der Waals surface area (Å²) in [5, 5.41) is 12.2. The van der Waals surface area contributed by atoms with Gasteiger partial charge in [-0.25, -0.2) is 4.68 Å². The van der Waals surface area contributed by atoms with Crippen LogP contribution in [-0.2, 0) is 6.54 Å². The number of rotatable bonds is 6. The molecular weight excluding hydrogens is 266 g/mol. The lowest BCUT2D eigenvalue weighted by molar-refractivity contribution is 0.364. The molecule has 2 aromatic rings. The van der Waals surface area contributed by atoms with E-state index < -0.39 is 0 Å². The number of tetrazole rings is 1. The van der Waals surface area contributed by atoms with Gasteiger partial charge < -0.3 is 10.5 Å². The number of anilines is 1. The highest BCUT2D eigenvalue weighted by Crippen LogP contribution is 2.51. The molecule has 0 aliphatic heterocycles. The SMILES string of the molecule is CCCC1(Cn2nnnc2-c2c(N)cccc2OC)CC1. The van der Waals surface area contributed by atoms with E-state index >= 15 is 0 Å². The fraction of sp³-hybridized carbons (Fsp3) is 0.533. The standard InChI is InChI=1S/C15H21N5O/c1-3-7-15(8-9-15)10-20-14(17-18-19-20)13-11(16)5-4-6-12(13)21-2/h4-6H,3,7-10,16H2,1-2H3. The maximum Gasteiger partial charge on any atom is 0.187 e. The highest BCUT2D eigenvalue weighted by Gasteiger charge is 2.42. The number of nitrogens with two attached hydrogens (primary N) is 1. The Labute approximate surface area is 124 Å². The van der Waals surface area contributed by atoms with Crippen LogP contribution in [0.1, 0.15) is 32.6 Å². The Morgan fingerprint density at radius 3 is 2.86 bits per heavy atom. The molecule has 1 heterocycles. The maximum atomic E-state index is 6.11. The second-order valence-electron chi connectivity index (χ2n) is 5.83. The van der Waals surface area contributed by atoms with Crippen molar-refractivity contribution < 1.29 is 4.74 Å². The molecule has 0 saturated heterocycles. The molecule has 0 bridgehead atoms. The van der Waals surface area contributed by atoms with Gasteiger partial charge in [0.05, 0.1) is 19.2 Å². The Hall–Kier alpha value is -2.11. The number of methoxy groups -OCH3 is 1. The minimum atomic E-state index is 0.371. The van der Waals surface area contributed by atoms with E-state index in [0.29, 0.717) is 22.7 Å². The molecule has 1 saturated carbocycles. The zero-order valence-corrected chi connectivity index (χ0v) is 12.5. The molecule has 1 aliphatic rings. The highest BCUT2D eigenvalue weighted by atomic mass is 16.5. The molecule has 1 aromatic carbocycles. The van der Waals surface area contributed by atoms with Crippen LogP contribution in [0, 0.1) is 5.41 Å². The lowest BCUT2D eigenvalue weighted by Gasteiger charge is -2.16. The van der Waals surface area contributed by atoms with E-state index in [1.165, 1.54) is 25.7 Å². The van der Waals surface area contributed by atoms with Crippen LogP contribution in [0.4, 0.5) is 5.69 Å². The molecule has 1 aromatic heterocycles. The van der Waals surface area contributed by atoms with E-state index in [-0.39, 0.29) is 0 Å². The quantitative estimate of drug-likeness (QED) is 0.826. The van der Waals surface area contributed by atoms with Crippen LogP contribution in [0.2, 0.25) is 0 Å². The molecule has 0 radical (unpaired) electrons. The molecular formula is C15H21N5O. The van der Waals surface area contributed by atoms with Crippen LogP contribution >= 0.6 is 0 Å². The molecule has 6 heteroatoms. The smallest absolute Gasteiger partial charge is 0.187 e. The van der Waals surface area contributed by atoms with E-state index in [1.807, 2.05) is 22.9 Å². The molecule has 112 valence electrons. The number of hydrogen-bond acceptors (Lipinski definition) is 5. The van der Waals surface area contributed by atoms with Gasteiger partial charge in [0.2, 0.25) is 0 Å². The van der Waals surface area contributed by atoms with E-state index in [1.54, 1.807) is 7.11 Å². The summed E-state index contributed by atoms with van der Waals surface area (Å²) >= 11 is 0. The predicted octanol–water partition coefficient (Wildman–Crippen LogP) is 2.51. The van der Waals surface area contributed by atoms with Crippen molar-refractivity contribution in [2.45, 2.75) is 39.2 Å². The third kappa shape index (κ3) is 2.57. The van der Waals surface area contributed by atoms with Crippen molar-refractivity contribution in [2.24, 2.45) is 5.41 Å². The summed E-state index contributed by atoms with van der Waals surface area (Å²) in [6.07, 6.45) is 4.91. The molecule has 1 fully saturated rings. The van der Waals surface area contributed by atoms with Crippen LogP contribution in [0.25, 0.3) is 11.4 Å². The molecule has 0 unspecified atom stereocenters. The summed E-state index contributed by atoms with van der Waals surface area (Å²) in [6, 6.07) is 5.59. The maximum absolute atomic E-state index is 6.11. The van der Waals surface area contributed by atoms with Gasteiger partial charge in [0.25, 0.3) is 0 Å². The van der Waals surface area contributed by atoms with Crippen LogP contribution in [-0.4, -0.2) is 27.3 Å². The summed E-state index contributed by atoms with van der Waals surface area (Å²) in [6.45, 7) is 3.07. The minimum Gasteiger partial charge on any atom is -0.496 e. The molecule has 0 amide bonds. The highest BCUT2D eigenvalue weighted by molar-refractivity contribution is 5.77. The van der Waals surface area contributed by atoms with Crippen molar-refractivity contribution >= 4 is 5.69 Å². The van der Waals surface area contributed by atoms with Crippen molar-refractivity contribution in [3.63, 3.8) is 0 Å². The second kappa shape index (κ2) is 5.35. The minimum absolute atomic E-state index is 0.371. The first-order valence-corrected chi connectivity index (χ1v) is 7.38. The number of hydrogen-bond donors (Lipinski definition) is 1. The normalized spacial score (nSPS) is 15.9. The number of benzene rings is 1. The molecule has 0 atom stereocenters. The van der Waals surface area contributed by atoms with Gasteiger partial charge >= 0.3 is 0 Å². The number of nitrogen functional groups attached to an aromatic ring is 1. The summed E-state index contributed by atoms with van der Waals surface area (Å²) in [5.74, 6) is 1.39. The van der Waals surface area contributed by atoms with Gasteiger partial charge in [-0.3, -0.25) is 0 Å². The van der Waals surface area contributed by atoms with Crippen molar-refractivity contribution in [1.29, 1.82) is 0 Å². The van der Waals surface area contributed by atoms with E-state index in [0.717, 1.165) is 12.1 Å². The van der Waals surface area contributed by atoms with Crippen molar-refractivity contribution in [3.05, 3.63) is 18.2 Å². The Balaban J connectivity index is 1.96. The summed E-state index contributed by atoms with van der Waals surface area (Å²) < 4.78 is 7.28. The monoisotopic (exact) mass is 287 g/mol. The number of ether oxygens (including phenoxy) is 1. The molecule has 21 heavy (non-hydrogen) atoms. The third-order valence-electron chi connectivity index (χ3n) is 4.26. The largest absolute Gasteiger partial charge is 0.496 e. The van der Waals surface area contributed by atoms with Gasteiger partial charge in [-0.2, -0.15) is 0 Å². The van der Waals surface area contributed by atoms with Gasteiger partial charge in [-0.05, 0) is 47.2 Å². The number of aromatic nitrogens is 4. The van der Waals surface area contributed by atoms with Gasteiger partial charge in [0.1, 0.15) is 5.75 Å². The van der Waals surface area contributed by atoms with Crippen LogP contribution in [0.15, 0.2) is 18.2 Å². The van der Waals surface area contributed by atoms with E-state index in [4.69, 9.17) is 10.5 Å². The molecule has 0 spiro atoms. The van der Waals surface area contributed by atoms with Crippen molar-refractivity contribution in [2.75, 3.05) is 12.8 Å². The second-order valence-corrected chi connectivity index (χ2v) is 5.83. The lowest BCUT2D eigenvalue weighted by atomic mass is 10.0. The zero-order valence-electron chi connectivity index (χ0n) is 12.5. The Kier molecular flexibility index (Phi) is 3.53. The molecule has 6 nitrogen and oxygen atoms in total. The third-order valence-corrected chi connectivity index (χ3v) is 4.26. The molecule has 3 rings (SSSR count). The van der Waals surface area contributed by atoms with Crippen LogP contribution in [0.3, 0.4) is 0 Å². The van der Waals surface area contributed by atoms with Gasteiger partial charge in [0, 0.05) is 5.69 Å². The predicted molar refractivity (Wildman–Crippen MR) is 80.8 cm³/mol. The topological polar surface area (TPSA) is 78.9 Å².